The topological polar surface area (TPSA) is 112 Å². The third-order valence-electron chi connectivity index (χ3n) is 4.59. The Morgan fingerprint density at radius 3 is 1.43 bits per heavy atom. The predicted octanol–water partition coefficient (Wildman–Crippen LogP) is 2.01. The van der Waals surface area contributed by atoms with Gasteiger partial charge in [0, 0.05) is 0 Å². The van der Waals surface area contributed by atoms with E-state index in [4.69, 9.17) is 0 Å². The molecule has 0 unspecified atom stereocenters. The summed E-state index contributed by atoms with van der Waals surface area (Å²) in [6, 6.07) is 21.5. The number of nitrogens with zero attached hydrogens (tertiary/aromatic N) is 1. The zero-order valence-electron chi connectivity index (χ0n) is 16.2. The molecule has 7 nitrogen and oxygen atoms in total. The number of benzene rings is 2. The van der Waals surface area contributed by atoms with Gasteiger partial charge in [-0.25, -0.2) is 4.98 Å². The molecule has 0 aliphatic carbocycles. The van der Waals surface area contributed by atoms with Gasteiger partial charge in [0.15, 0.2) is 0 Å². The SMILES string of the molecule is O=C(N[C@@H](CO)c1ccccc1)c1cccc(C(=O)N[C@@H](CO)c2ccccc2)n1. The van der Waals surface area contributed by atoms with Crippen molar-refractivity contribution in [3.63, 3.8) is 0 Å². The van der Waals surface area contributed by atoms with E-state index in [1.807, 2.05) is 36.4 Å². The lowest BCUT2D eigenvalue weighted by atomic mass is 10.1. The fourth-order valence-corrected chi connectivity index (χ4v) is 2.99. The van der Waals surface area contributed by atoms with Crippen LogP contribution in [0.5, 0.6) is 0 Å². The van der Waals surface area contributed by atoms with Crippen molar-refractivity contribution < 1.29 is 19.8 Å². The summed E-state index contributed by atoms with van der Waals surface area (Å²) in [5.74, 6) is -1.01. The standard InChI is InChI=1S/C23H23N3O4/c27-14-20(16-8-3-1-4-9-16)25-22(29)18-12-7-13-19(24-18)23(30)26-21(15-28)17-10-5-2-6-11-17/h1-13,20-21,27-28H,14-15H2,(H,25,29)(H,26,30)/t20-,21-/m0/s1. The van der Waals surface area contributed by atoms with Gasteiger partial charge in [0.05, 0.1) is 25.3 Å². The molecule has 1 heterocycles. The maximum Gasteiger partial charge on any atom is 0.270 e. The highest BCUT2D eigenvalue weighted by Gasteiger charge is 2.19. The minimum absolute atomic E-state index is 0.0530. The van der Waals surface area contributed by atoms with E-state index < -0.39 is 23.9 Å². The van der Waals surface area contributed by atoms with Crippen LogP contribution in [0.15, 0.2) is 78.9 Å². The first-order chi connectivity index (χ1) is 14.6. The highest BCUT2D eigenvalue weighted by molar-refractivity contribution is 5.96. The summed E-state index contributed by atoms with van der Waals surface area (Å²) in [5.41, 5.74) is 1.63. The Labute approximate surface area is 174 Å². The molecular formula is C23H23N3O4. The molecule has 2 aromatic carbocycles. The summed E-state index contributed by atoms with van der Waals surface area (Å²) >= 11 is 0. The van der Waals surface area contributed by atoms with Crippen LogP contribution in [0.25, 0.3) is 0 Å². The molecule has 0 radical (unpaired) electrons. The molecule has 0 fully saturated rings. The van der Waals surface area contributed by atoms with Gasteiger partial charge in [0.1, 0.15) is 11.4 Å². The second kappa shape index (κ2) is 10.3. The van der Waals surface area contributed by atoms with Crippen molar-refractivity contribution in [3.05, 3.63) is 101 Å². The Hall–Kier alpha value is -3.55. The molecule has 3 rings (SSSR count). The van der Waals surface area contributed by atoms with Crippen molar-refractivity contribution in [2.75, 3.05) is 13.2 Å². The molecule has 2 amide bonds. The van der Waals surface area contributed by atoms with Crippen molar-refractivity contribution >= 4 is 11.8 Å². The summed E-state index contributed by atoms with van der Waals surface area (Å²) < 4.78 is 0. The second-order valence-corrected chi connectivity index (χ2v) is 6.65. The van der Waals surface area contributed by atoms with Crippen LogP contribution in [0.2, 0.25) is 0 Å². The van der Waals surface area contributed by atoms with Crippen LogP contribution >= 0.6 is 0 Å². The second-order valence-electron chi connectivity index (χ2n) is 6.65. The van der Waals surface area contributed by atoms with Crippen LogP contribution in [0.1, 0.15) is 44.2 Å². The Morgan fingerprint density at radius 2 is 1.07 bits per heavy atom. The summed E-state index contributed by atoms with van der Waals surface area (Å²) in [6.07, 6.45) is 0. The third-order valence-corrected chi connectivity index (χ3v) is 4.59. The van der Waals surface area contributed by atoms with E-state index in [2.05, 4.69) is 15.6 Å². The van der Waals surface area contributed by atoms with E-state index in [-0.39, 0.29) is 24.6 Å². The molecule has 154 valence electrons. The number of aliphatic hydroxyl groups excluding tert-OH is 2. The van der Waals surface area contributed by atoms with Gasteiger partial charge in [0.2, 0.25) is 0 Å². The van der Waals surface area contributed by atoms with E-state index in [0.29, 0.717) is 0 Å². The lowest BCUT2D eigenvalue weighted by Gasteiger charge is -2.17. The van der Waals surface area contributed by atoms with E-state index in [0.717, 1.165) is 11.1 Å². The van der Waals surface area contributed by atoms with Crippen LogP contribution in [-0.4, -0.2) is 40.2 Å². The Balaban J connectivity index is 1.71. The molecule has 3 aromatic rings. The summed E-state index contributed by atoms with van der Waals surface area (Å²) in [5, 5.41) is 24.7. The van der Waals surface area contributed by atoms with Gasteiger partial charge >= 0.3 is 0 Å². The van der Waals surface area contributed by atoms with Crippen molar-refractivity contribution in [1.29, 1.82) is 0 Å². The summed E-state index contributed by atoms with van der Waals surface area (Å²) in [6.45, 7) is -0.545. The quantitative estimate of drug-likeness (QED) is 0.458. The number of hydrogen-bond acceptors (Lipinski definition) is 5. The molecule has 0 saturated heterocycles. The zero-order valence-corrected chi connectivity index (χ0v) is 16.2. The fraction of sp³-hybridized carbons (Fsp3) is 0.174. The minimum Gasteiger partial charge on any atom is -0.394 e. The van der Waals surface area contributed by atoms with Crippen molar-refractivity contribution in [2.45, 2.75) is 12.1 Å². The minimum atomic E-state index is -0.588. The summed E-state index contributed by atoms with van der Waals surface area (Å²) in [7, 11) is 0. The Morgan fingerprint density at radius 1 is 0.667 bits per heavy atom. The van der Waals surface area contributed by atoms with E-state index >= 15 is 0 Å². The normalized spacial score (nSPS) is 12.6. The van der Waals surface area contributed by atoms with Gasteiger partial charge < -0.3 is 20.8 Å². The van der Waals surface area contributed by atoms with Crippen molar-refractivity contribution in [3.8, 4) is 0 Å². The number of rotatable bonds is 8. The third kappa shape index (κ3) is 5.28. The number of nitrogens with one attached hydrogen (secondary N) is 2. The number of aromatic nitrogens is 1. The summed E-state index contributed by atoms with van der Waals surface area (Å²) in [4.78, 5) is 29.4. The van der Waals surface area contributed by atoms with Crippen LogP contribution in [0.4, 0.5) is 0 Å². The number of carbonyl (C=O) groups excluding carboxylic acids is 2. The van der Waals surface area contributed by atoms with E-state index in [1.54, 1.807) is 30.3 Å². The monoisotopic (exact) mass is 405 g/mol. The average Bonchev–Trinajstić information content (AvgIpc) is 2.81. The van der Waals surface area contributed by atoms with Gasteiger partial charge in [-0.1, -0.05) is 66.7 Å². The van der Waals surface area contributed by atoms with E-state index in [1.165, 1.54) is 12.1 Å². The molecule has 0 spiro atoms. The molecule has 0 aliphatic rings. The fourth-order valence-electron chi connectivity index (χ4n) is 2.99. The molecule has 2 atom stereocenters. The first kappa shape index (κ1) is 21.2. The molecule has 7 heteroatoms. The lowest BCUT2D eigenvalue weighted by molar-refractivity contribution is 0.0905. The van der Waals surface area contributed by atoms with Crippen LogP contribution in [-0.2, 0) is 0 Å². The van der Waals surface area contributed by atoms with E-state index in [9.17, 15) is 19.8 Å². The van der Waals surface area contributed by atoms with Crippen molar-refractivity contribution in [2.24, 2.45) is 0 Å². The number of carbonyl (C=O) groups is 2. The molecule has 4 N–H and O–H groups in total. The maximum absolute atomic E-state index is 12.6. The molecule has 30 heavy (non-hydrogen) atoms. The van der Waals surface area contributed by atoms with Gasteiger partial charge in [-0.3, -0.25) is 9.59 Å². The van der Waals surface area contributed by atoms with Crippen LogP contribution < -0.4 is 10.6 Å². The number of hydrogen-bond donors (Lipinski definition) is 4. The Kier molecular flexibility index (Phi) is 7.26. The highest BCUT2D eigenvalue weighted by Crippen LogP contribution is 2.14. The predicted molar refractivity (Wildman–Crippen MR) is 112 cm³/mol. The van der Waals surface area contributed by atoms with Gasteiger partial charge in [-0.05, 0) is 23.3 Å². The molecule has 1 aromatic heterocycles. The van der Waals surface area contributed by atoms with Gasteiger partial charge in [0.25, 0.3) is 11.8 Å². The van der Waals surface area contributed by atoms with Crippen LogP contribution in [0, 0.1) is 0 Å². The van der Waals surface area contributed by atoms with Crippen LogP contribution in [0.3, 0.4) is 0 Å². The molecule has 0 aliphatic heterocycles. The van der Waals surface area contributed by atoms with Gasteiger partial charge in [-0.2, -0.15) is 0 Å². The highest BCUT2D eigenvalue weighted by atomic mass is 16.3. The smallest absolute Gasteiger partial charge is 0.270 e. The first-order valence-electron chi connectivity index (χ1n) is 9.52. The first-order valence-corrected chi connectivity index (χ1v) is 9.52. The molecule has 0 bridgehead atoms. The zero-order chi connectivity index (χ0) is 21.3. The number of pyridine rings is 1. The Bertz CT molecular complexity index is 903. The lowest BCUT2D eigenvalue weighted by Crippen LogP contribution is -2.33. The maximum atomic E-state index is 12.6. The van der Waals surface area contributed by atoms with Crippen molar-refractivity contribution in [1.82, 2.24) is 15.6 Å². The molecule has 0 saturated carbocycles. The largest absolute Gasteiger partial charge is 0.394 e. The molecular weight excluding hydrogens is 382 g/mol. The number of aliphatic hydroxyl groups is 2. The average molecular weight is 405 g/mol. The van der Waals surface area contributed by atoms with Gasteiger partial charge in [-0.15, -0.1) is 0 Å². The number of amides is 2.